The lowest BCUT2D eigenvalue weighted by Gasteiger charge is -2.05. The van der Waals surface area contributed by atoms with E-state index in [0.717, 1.165) is 27.7 Å². The average Bonchev–Trinajstić information content (AvgIpc) is 3.32. The summed E-state index contributed by atoms with van der Waals surface area (Å²) in [6, 6.07) is 11.4. The molecule has 2 N–H and O–H groups in total. The topological polar surface area (TPSA) is 88.0 Å². The molecule has 0 aromatic carbocycles. The maximum absolute atomic E-state index is 12.7. The molecule has 5 aromatic rings. The van der Waals surface area contributed by atoms with E-state index >= 15 is 0 Å². The number of carbonyl (C=O) groups is 1. The quantitative estimate of drug-likeness (QED) is 0.519. The molecule has 0 aliphatic carbocycles. The lowest BCUT2D eigenvalue weighted by molar-refractivity contribution is 0.102. The van der Waals surface area contributed by atoms with Gasteiger partial charge in [-0.3, -0.25) is 9.78 Å². The van der Waals surface area contributed by atoms with Crippen LogP contribution in [0.5, 0.6) is 0 Å². The van der Waals surface area contributed by atoms with Crippen molar-refractivity contribution in [3.63, 3.8) is 0 Å². The number of carbonyl (C=O) groups excluding carboxylic acids is 1. The third-order valence-electron chi connectivity index (χ3n) is 4.45. The highest BCUT2D eigenvalue weighted by Gasteiger charge is 2.15. The summed E-state index contributed by atoms with van der Waals surface area (Å²) in [6.45, 7) is 0. The first-order valence-corrected chi connectivity index (χ1v) is 8.41. The summed E-state index contributed by atoms with van der Waals surface area (Å²) in [4.78, 5) is 24.2. The Hall–Kier alpha value is -4.00. The molecule has 5 heterocycles. The van der Waals surface area contributed by atoms with E-state index in [1.165, 1.54) is 0 Å². The first-order chi connectivity index (χ1) is 13.3. The Kier molecular flexibility index (Phi) is 3.43. The third-order valence-corrected chi connectivity index (χ3v) is 4.45. The molecule has 0 bridgehead atoms. The Bertz CT molecular complexity index is 1270. The van der Waals surface area contributed by atoms with Crippen molar-refractivity contribution in [1.29, 1.82) is 0 Å². The van der Waals surface area contributed by atoms with Gasteiger partial charge in [-0.1, -0.05) is 0 Å². The predicted octanol–water partition coefficient (Wildman–Crippen LogP) is 3.52. The number of hydrogen-bond acceptors (Lipinski definition) is 4. The molecule has 0 saturated heterocycles. The van der Waals surface area contributed by atoms with E-state index in [0.29, 0.717) is 11.3 Å². The summed E-state index contributed by atoms with van der Waals surface area (Å²) in [5.41, 5.74) is 4.71. The Morgan fingerprint density at radius 3 is 2.93 bits per heavy atom. The predicted molar refractivity (Wildman–Crippen MR) is 102 cm³/mol. The van der Waals surface area contributed by atoms with Crippen LogP contribution >= 0.6 is 0 Å². The molecule has 1 amide bonds. The summed E-state index contributed by atoms with van der Waals surface area (Å²) in [6.07, 6.45) is 10.4. The molecule has 7 heteroatoms. The molecule has 0 aliphatic heterocycles. The average molecular weight is 354 g/mol. The number of nitrogens with zero attached hydrogens (tertiary/aromatic N) is 4. The van der Waals surface area contributed by atoms with Gasteiger partial charge in [-0.15, -0.1) is 0 Å². The summed E-state index contributed by atoms with van der Waals surface area (Å²) < 4.78 is 1.69. The van der Waals surface area contributed by atoms with Crippen LogP contribution in [0.25, 0.3) is 27.7 Å². The first kappa shape index (κ1) is 15.3. The van der Waals surface area contributed by atoms with Gasteiger partial charge in [0.2, 0.25) is 0 Å². The van der Waals surface area contributed by atoms with Crippen molar-refractivity contribution in [2.75, 3.05) is 5.32 Å². The normalized spacial score (nSPS) is 11.1. The van der Waals surface area contributed by atoms with E-state index in [9.17, 15) is 4.79 Å². The molecule has 7 nitrogen and oxygen atoms in total. The van der Waals surface area contributed by atoms with Gasteiger partial charge in [-0.25, -0.2) is 9.50 Å². The molecular weight excluding hydrogens is 340 g/mol. The van der Waals surface area contributed by atoms with Gasteiger partial charge in [-0.05, 0) is 42.0 Å². The van der Waals surface area contributed by atoms with Gasteiger partial charge >= 0.3 is 0 Å². The summed E-state index contributed by atoms with van der Waals surface area (Å²) in [5, 5.41) is 8.17. The van der Waals surface area contributed by atoms with Crippen molar-refractivity contribution in [1.82, 2.24) is 24.6 Å². The van der Waals surface area contributed by atoms with Crippen LogP contribution in [0.3, 0.4) is 0 Å². The van der Waals surface area contributed by atoms with Gasteiger partial charge in [-0.2, -0.15) is 5.10 Å². The van der Waals surface area contributed by atoms with Crippen molar-refractivity contribution in [2.45, 2.75) is 0 Å². The number of fused-ring (bicyclic) bond motifs is 2. The Morgan fingerprint density at radius 1 is 1.11 bits per heavy atom. The second kappa shape index (κ2) is 6.06. The minimum absolute atomic E-state index is 0.226. The smallest absolute Gasteiger partial charge is 0.259 e. The van der Waals surface area contributed by atoms with Crippen molar-refractivity contribution >= 4 is 28.1 Å². The maximum atomic E-state index is 12.7. The number of nitrogens with one attached hydrogen (secondary N) is 2. The van der Waals surface area contributed by atoms with Crippen molar-refractivity contribution in [3.05, 3.63) is 79.1 Å². The number of amides is 1. The lowest BCUT2D eigenvalue weighted by atomic mass is 10.1. The van der Waals surface area contributed by atoms with Crippen LogP contribution in [0, 0.1) is 0 Å². The van der Waals surface area contributed by atoms with Gasteiger partial charge in [0.15, 0.2) is 0 Å². The molecule has 5 aromatic heterocycles. The third kappa shape index (κ3) is 2.62. The fraction of sp³-hybridized carbons (Fsp3) is 0. The highest BCUT2D eigenvalue weighted by atomic mass is 16.1. The SMILES string of the molecule is O=C(Nc1cccnc1)c1cnn2ccc(-c3c[nH]c4ncccc34)cc12. The highest BCUT2D eigenvalue weighted by Crippen LogP contribution is 2.29. The minimum atomic E-state index is -0.226. The number of rotatable bonds is 3. The van der Waals surface area contributed by atoms with Gasteiger partial charge in [0.25, 0.3) is 5.91 Å². The monoisotopic (exact) mass is 354 g/mol. The zero-order valence-corrected chi connectivity index (χ0v) is 14.1. The minimum Gasteiger partial charge on any atom is -0.346 e. The second-order valence-corrected chi connectivity index (χ2v) is 6.10. The standard InChI is InChI=1S/C20H14N6O/c27-20(25-14-3-1-6-21-10-14)17-12-24-26-8-5-13(9-18(17)26)16-11-23-19-15(16)4-2-7-22-19/h1-12H,(H,22,23)(H,25,27). The van der Waals surface area contributed by atoms with E-state index in [1.807, 2.05) is 36.7 Å². The molecular formula is C20H14N6O. The number of anilines is 1. The van der Waals surface area contributed by atoms with Gasteiger partial charge < -0.3 is 10.3 Å². The lowest BCUT2D eigenvalue weighted by Crippen LogP contribution is -2.11. The van der Waals surface area contributed by atoms with Crippen molar-refractivity contribution < 1.29 is 4.79 Å². The Labute approximate surface area is 153 Å². The van der Waals surface area contributed by atoms with Crippen molar-refractivity contribution in [2.24, 2.45) is 0 Å². The number of pyridine rings is 3. The molecule has 0 atom stereocenters. The highest BCUT2D eigenvalue weighted by molar-refractivity contribution is 6.09. The van der Waals surface area contributed by atoms with Crippen LogP contribution in [-0.2, 0) is 0 Å². The van der Waals surface area contributed by atoms with Gasteiger partial charge in [0.1, 0.15) is 5.65 Å². The molecule has 130 valence electrons. The first-order valence-electron chi connectivity index (χ1n) is 8.41. The Morgan fingerprint density at radius 2 is 2.04 bits per heavy atom. The van der Waals surface area contributed by atoms with E-state index in [-0.39, 0.29) is 5.91 Å². The summed E-state index contributed by atoms with van der Waals surface area (Å²) in [7, 11) is 0. The summed E-state index contributed by atoms with van der Waals surface area (Å²) >= 11 is 0. The van der Waals surface area contributed by atoms with Gasteiger partial charge in [0, 0.05) is 35.7 Å². The second-order valence-electron chi connectivity index (χ2n) is 6.10. The Balaban J connectivity index is 1.57. The molecule has 0 fully saturated rings. The molecule has 5 rings (SSSR count). The largest absolute Gasteiger partial charge is 0.346 e. The molecule has 0 unspecified atom stereocenters. The number of hydrogen-bond donors (Lipinski definition) is 2. The fourth-order valence-corrected chi connectivity index (χ4v) is 3.15. The van der Waals surface area contributed by atoms with E-state index < -0.39 is 0 Å². The number of aromatic nitrogens is 5. The molecule has 0 spiro atoms. The molecule has 0 saturated carbocycles. The van der Waals surface area contributed by atoms with Crippen LogP contribution in [0.15, 0.2) is 73.6 Å². The fourth-order valence-electron chi connectivity index (χ4n) is 3.15. The number of H-pyrrole nitrogens is 1. The summed E-state index contributed by atoms with van der Waals surface area (Å²) in [5.74, 6) is -0.226. The van der Waals surface area contributed by atoms with E-state index in [1.54, 1.807) is 41.4 Å². The van der Waals surface area contributed by atoms with Crippen LogP contribution < -0.4 is 5.32 Å². The van der Waals surface area contributed by atoms with Gasteiger partial charge in [0.05, 0.1) is 29.2 Å². The zero-order chi connectivity index (χ0) is 18.2. The van der Waals surface area contributed by atoms with Crippen LogP contribution in [0.4, 0.5) is 5.69 Å². The molecule has 0 aliphatic rings. The van der Waals surface area contributed by atoms with Crippen LogP contribution in [0.1, 0.15) is 10.4 Å². The van der Waals surface area contributed by atoms with Crippen LogP contribution in [0.2, 0.25) is 0 Å². The van der Waals surface area contributed by atoms with E-state index in [2.05, 4.69) is 25.4 Å². The van der Waals surface area contributed by atoms with Crippen LogP contribution in [-0.4, -0.2) is 30.5 Å². The zero-order valence-electron chi connectivity index (χ0n) is 14.1. The van der Waals surface area contributed by atoms with Crippen molar-refractivity contribution in [3.8, 4) is 11.1 Å². The number of aromatic amines is 1. The molecule has 27 heavy (non-hydrogen) atoms. The molecule has 0 radical (unpaired) electrons. The maximum Gasteiger partial charge on any atom is 0.259 e. The van der Waals surface area contributed by atoms with E-state index in [4.69, 9.17) is 0 Å².